The summed E-state index contributed by atoms with van der Waals surface area (Å²) < 4.78 is 1.89. The molecule has 4 nitrogen and oxygen atoms in total. The molecule has 0 saturated heterocycles. The Morgan fingerprint density at radius 2 is 2.27 bits per heavy atom. The van der Waals surface area contributed by atoms with Gasteiger partial charge in [-0.05, 0) is 20.3 Å². The van der Waals surface area contributed by atoms with E-state index < -0.39 is 0 Å². The van der Waals surface area contributed by atoms with Crippen molar-refractivity contribution in [3.63, 3.8) is 0 Å². The van der Waals surface area contributed by atoms with E-state index in [0.717, 1.165) is 18.8 Å². The van der Waals surface area contributed by atoms with E-state index >= 15 is 0 Å². The summed E-state index contributed by atoms with van der Waals surface area (Å²) in [6, 6.07) is 0. The standard InChI is InChI=1S/C10H19ClN4/c1-4-10(3,7-11)13-6-9-12-8-14-15(9)5-2/h8,13H,4-7H2,1-3H3. The van der Waals surface area contributed by atoms with Gasteiger partial charge in [0, 0.05) is 18.0 Å². The van der Waals surface area contributed by atoms with Gasteiger partial charge in [-0.15, -0.1) is 11.6 Å². The van der Waals surface area contributed by atoms with Crippen molar-refractivity contribution >= 4 is 11.6 Å². The number of aryl methyl sites for hydroxylation is 1. The molecule has 1 rings (SSSR count). The largest absolute Gasteiger partial charge is 0.303 e. The van der Waals surface area contributed by atoms with Crippen molar-refractivity contribution in [3.8, 4) is 0 Å². The minimum atomic E-state index is -0.0217. The number of rotatable bonds is 6. The van der Waals surface area contributed by atoms with E-state index in [9.17, 15) is 0 Å². The molecule has 1 aromatic rings. The number of nitrogens with zero attached hydrogens (tertiary/aromatic N) is 3. The minimum absolute atomic E-state index is 0.0217. The fourth-order valence-corrected chi connectivity index (χ4v) is 1.53. The quantitative estimate of drug-likeness (QED) is 0.758. The predicted molar refractivity (Wildman–Crippen MR) is 62.0 cm³/mol. The van der Waals surface area contributed by atoms with Crippen LogP contribution in [0.5, 0.6) is 0 Å². The van der Waals surface area contributed by atoms with Gasteiger partial charge in [0.1, 0.15) is 12.2 Å². The van der Waals surface area contributed by atoms with E-state index in [1.165, 1.54) is 0 Å². The highest BCUT2D eigenvalue weighted by atomic mass is 35.5. The zero-order valence-electron chi connectivity index (χ0n) is 9.63. The number of aromatic nitrogens is 3. The molecule has 1 N–H and O–H groups in total. The molecule has 1 heterocycles. The fraction of sp³-hybridized carbons (Fsp3) is 0.800. The van der Waals surface area contributed by atoms with Crippen LogP contribution in [0.3, 0.4) is 0 Å². The molecule has 0 aliphatic carbocycles. The Balaban J connectivity index is 2.56. The van der Waals surface area contributed by atoms with Crippen molar-refractivity contribution in [2.45, 2.75) is 45.8 Å². The lowest BCUT2D eigenvalue weighted by atomic mass is 10.0. The number of hydrogen-bond acceptors (Lipinski definition) is 3. The van der Waals surface area contributed by atoms with Crippen molar-refractivity contribution in [2.24, 2.45) is 0 Å². The first kappa shape index (κ1) is 12.5. The van der Waals surface area contributed by atoms with Gasteiger partial charge < -0.3 is 5.32 Å². The molecule has 0 aliphatic heterocycles. The Kier molecular flexibility index (Phi) is 4.54. The highest BCUT2D eigenvalue weighted by molar-refractivity contribution is 6.18. The molecule has 1 aromatic heterocycles. The first-order valence-electron chi connectivity index (χ1n) is 5.33. The molecule has 0 amide bonds. The third-order valence-corrected chi connectivity index (χ3v) is 3.33. The van der Waals surface area contributed by atoms with Gasteiger partial charge in [-0.2, -0.15) is 5.10 Å². The normalized spacial score (nSPS) is 15.2. The van der Waals surface area contributed by atoms with Gasteiger partial charge in [-0.3, -0.25) is 0 Å². The average Bonchev–Trinajstić information content (AvgIpc) is 2.73. The Morgan fingerprint density at radius 3 is 2.80 bits per heavy atom. The molecule has 5 heteroatoms. The SMILES string of the molecule is CCn1ncnc1CNC(C)(CC)CCl. The minimum Gasteiger partial charge on any atom is -0.303 e. The Labute approximate surface area is 96.0 Å². The molecule has 1 unspecified atom stereocenters. The second-order valence-electron chi connectivity index (χ2n) is 3.89. The van der Waals surface area contributed by atoms with E-state index in [0.29, 0.717) is 12.4 Å². The molecule has 0 radical (unpaired) electrons. The zero-order chi connectivity index (χ0) is 11.3. The summed E-state index contributed by atoms with van der Waals surface area (Å²) in [6.45, 7) is 7.86. The molecule has 0 aromatic carbocycles. The molecule has 15 heavy (non-hydrogen) atoms. The third kappa shape index (κ3) is 3.18. The second kappa shape index (κ2) is 5.47. The van der Waals surface area contributed by atoms with E-state index in [4.69, 9.17) is 11.6 Å². The van der Waals surface area contributed by atoms with Crippen LogP contribution in [-0.2, 0) is 13.1 Å². The number of alkyl halides is 1. The summed E-state index contributed by atoms with van der Waals surface area (Å²) in [6.07, 6.45) is 2.58. The third-order valence-electron chi connectivity index (χ3n) is 2.74. The molecule has 0 saturated carbocycles. The van der Waals surface area contributed by atoms with Gasteiger partial charge in [0.15, 0.2) is 0 Å². The lowest BCUT2D eigenvalue weighted by molar-refractivity contribution is 0.369. The van der Waals surface area contributed by atoms with Crippen LogP contribution in [0.25, 0.3) is 0 Å². The highest BCUT2D eigenvalue weighted by Crippen LogP contribution is 2.11. The van der Waals surface area contributed by atoms with Crippen molar-refractivity contribution < 1.29 is 0 Å². The van der Waals surface area contributed by atoms with Gasteiger partial charge in [0.25, 0.3) is 0 Å². The van der Waals surface area contributed by atoms with Gasteiger partial charge in [0.2, 0.25) is 0 Å². The molecule has 1 atom stereocenters. The van der Waals surface area contributed by atoms with Crippen LogP contribution in [0.1, 0.15) is 33.0 Å². The monoisotopic (exact) mass is 230 g/mol. The van der Waals surface area contributed by atoms with Crippen LogP contribution in [-0.4, -0.2) is 26.2 Å². The number of hydrogen-bond donors (Lipinski definition) is 1. The topological polar surface area (TPSA) is 42.7 Å². The summed E-state index contributed by atoms with van der Waals surface area (Å²) in [4.78, 5) is 4.20. The first-order chi connectivity index (χ1) is 7.15. The molecule has 0 spiro atoms. The molecule has 86 valence electrons. The lowest BCUT2D eigenvalue weighted by Gasteiger charge is -2.26. The van der Waals surface area contributed by atoms with Gasteiger partial charge in [-0.25, -0.2) is 9.67 Å². The van der Waals surface area contributed by atoms with E-state index in [2.05, 4.69) is 36.2 Å². The summed E-state index contributed by atoms with van der Waals surface area (Å²) in [7, 11) is 0. The van der Waals surface area contributed by atoms with Crippen molar-refractivity contribution in [1.29, 1.82) is 0 Å². The summed E-state index contributed by atoms with van der Waals surface area (Å²) in [5.74, 6) is 1.56. The van der Waals surface area contributed by atoms with Gasteiger partial charge in [-0.1, -0.05) is 6.92 Å². The molecule has 0 aliphatic rings. The smallest absolute Gasteiger partial charge is 0.140 e. The van der Waals surface area contributed by atoms with Crippen LogP contribution in [0, 0.1) is 0 Å². The first-order valence-corrected chi connectivity index (χ1v) is 5.86. The van der Waals surface area contributed by atoms with Crippen molar-refractivity contribution in [2.75, 3.05) is 5.88 Å². The molecule has 0 fully saturated rings. The Bertz CT molecular complexity index is 293. The predicted octanol–water partition coefficient (Wildman–Crippen LogP) is 1.80. The van der Waals surface area contributed by atoms with E-state index in [1.54, 1.807) is 6.33 Å². The number of nitrogens with one attached hydrogen (secondary N) is 1. The van der Waals surface area contributed by atoms with Crippen LogP contribution < -0.4 is 5.32 Å². The van der Waals surface area contributed by atoms with Crippen molar-refractivity contribution in [1.82, 2.24) is 20.1 Å². The van der Waals surface area contributed by atoms with Gasteiger partial charge >= 0.3 is 0 Å². The van der Waals surface area contributed by atoms with Crippen LogP contribution in [0.15, 0.2) is 6.33 Å². The Hall–Kier alpha value is -0.610. The Morgan fingerprint density at radius 1 is 1.53 bits per heavy atom. The number of halogens is 1. The summed E-state index contributed by atoms with van der Waals surface area (Å²) in [5.41, 5.74) is -0.0217. The lowest BCUT2D eigenvalue weighted by Crippen LogP contribution is -2.43. The zero-order valence-corrected chi connectivity index (χ0v) is 10.4. The molecular formula is C10H19ClN4. The van der Waals surface area contributed by atoms with Crippen LogP contribution >= 0.6 is 11.6 Å². The second-order valence-corrected chi connectivity index (χ2v) is 4.16. The highest BCUT2D eigenvalue weighted by Gasteiger charge is 2.20. The maximum atomic E-state index is 5.92. The summed E-state index contributed by atoms with van der Waals surface area (Å²) in [5, 5.41) is 7.54. The van der Waals surface area contributed by atoms with E-state index in [1.807, 2.05) is 4.68 Å². The van der Waals surface area contributed by atoms with Crippen LogP contribution in [0.4, 0.5) is 0 Å². The van der Waals surface area contributed by atoms with Crippen molar-refractivity contribution in [3.05, 3.63) is 12.2 Å². The average molecular weight is 231 g/mol. The maximum absolute atomic E-state index is 5.92. The fourth-order valence-electron chi connectivity index (χ4n) is 1.25. The molecular weight excluding hydrogens is 212 g/mol. The summed E-state index contributed by atoms with van der Waals surface area (Å²) >= 11 is 5.92. The van der Waals surface area contributed by atoms with E-state index in [-0.39, 0.29) is 5.54 Å². The maximum Gasteiger partial charge on any atom is 0.140 e. The van der Waals surface area contributed by atoms with Crippen LogP contribution in [0.2, 0.25) is 0 Å². The van der Waals surface area contributed by atoms with Gasteiger partial charge in [0.05, 0.1) is 6.54 Å². The molecule has 0 bridgehead atoms.